The number of benzene rings is 1. The van der Waals surface area contributed by atoms with Gasteiger partial charge in [-0.05, 0) is 31.5 Å². The average Bonchev–Trinajstić information content (AvgIpc) is 2.29. The summed E-state index contributed by atoms with van der Waals surface area (Å²) in [7, 11) is 1.56. The molecule has 4 nitrogen and oxygen atoms in total. The second-order valence-corrected chi connectivity index (χ2v) is 4.38. The summed E-state index contributed by atoms with van der Waals surface area (Å²) < 4.78 is 5.00. The van der Waals surface area contributed by atoms with Gasteiger partial charge in [-0.3, -0.25) is 9.59 Å². The number of carboxylic acid groups (broad SMARTS) is 1. The van der Waals surface area contributed by atoms with Gasteiger partial charge < -0.3 is 9.84 Å². The van der Waals surface area contributed by atoms with Gasteiger partial charge >= 0.3 is 5.97 Å². The van der Waals surface area contributed by atoms with E-state index in [-0.39, 0.29) is 12.2 Å². The molecule has 1 aromatic carbocycles. The summed E-state index contributed by atoms with van der Waals surface area (Å²) >= 11 is 0. The smallest absolute Gasteiger partial charge is 0.316 e. The third-order valence-corrected chi connectivity index (χ3v) is 2.76. The third-order valence-electron chi connectivity index (χ3n) is 2.76. The minimum atomic E-state index is -1.35. The highest BCUT2D eigenvalue weighted by Crippen LogP contribution is 2.20. The molecule has 0 amide bonds. The van der Waals surface area contributed by atoms with E-state index in [4.69, 9.17) is 9.84 Å². The first-order valence-electron chi connectivity index (χ1n) is 5.27. The van der Waals surface area contributed by atoms with E-state index in [2.05, 4.69) is 0 Å². The van der Waals surface area contributed by atoms with Crippen LogP contribution in [0.4, 0.5) is 0 Å². The zero-order chi connectivity index (χ0) is 13.1. The lowest BCUT2D eigenvalue weighted by Crippen LogP contribution is -2.34. The van der Waals surface area contributed by atoms with Crippen molar-refractivity contribution in [3.63, 3.8) is 0 Å². The molecular weight excluding hydrogens is 220 g/mol. The molecule has 0 radical (unpaired) electrons. The van der Waals surface area contributed by atoms with Crippen LogP contribution >= 0.6 is 0 Å². The lowest BCUT2D eigenvalue weighted by molar-refractivity contribution is -0.152. The van der Waals surface area contributed by atoms with Crippen LogP contribution in [-0.4, -0.2) is 24.0 Å². The number of ether oxygens (including phenoxy) is 1. The van der Waals surface area contributed by atoms with Gasteiger partial charge in [0.05, 0.1) is 7.11 Å². The number of carbonyl (C=O) groups excluding carboxylic acids is 1. The van der Waals surface area contributed by atoms with Crippen molar-refractivity contribution in [3.8, 4) is 5.75 Å². The summed E-state index contributed by atoms with van der Waals surface area (Å²) in [5.41, 5.74) is -0.565. The molecule has 0 heterocycles. The van der Waals surface area contributed by atoms with E-state index in [9.17, 15) is 9.59 Å². The highest BCUT2D eigenvalue weighted by atomic mass is 16.5. The number of hydrogen-bond acceptors (Lipinski definition) is 3. The Morgan fingerprint density at radius 1 is 1.24 bits per heavy atom. The predicted octanol–water partition coefficient (Wildman–Crippen LogP) is 1.92. The molecule has 0 aliphatic heterocycles. The third kappa shape index (κ3) is 3.06. The maximum atomic E-state index is 11.8. The van der Waals surface area contributed by atoms with Crippen molar-refractivity contribution in [2.75, 3.05) is 7.11 Å². The minimum Gasteiger partial charge on any atom is -0.497 e. The SMILES string of the molecule is COc1ccc(CC(=O)C(C)(C)C(=O)O)cc1. The first kappa shape index (κ1) is 13.2. The van der Waals surface area contributed by atoms with Gasteiger partial charge in [-0.25, -0.2) is 0 Å². The van der Waals surface area contributed by atoms with Crippen LogP contribution in [0.1, 0.15) is 19.4 Å². The molecule has 92 valence electrons. The Hall–Kier alpha value is -1.84. The molecule has 0 unspecified atom stereocenters. The maximum absolute atomic E-state index is 11.8. The number of carboxylic acids is 1. The topological polar surface area (TPSA) is 63.6 Å². The van der Waals surface area contributed by atoms with E-state index < -0.39 is 11.4 Å². The standard InChI is InChI=1S/C13H16O4/c1-13(2,12(15)16)11(14)8-9-4-6-10(17-3)7-5-9/h4-7H,8H2,1-3H3,(H,15,16). The fourth-order valence-electron chi connectivity index (χ4n) is 1.27. The van der Waals surface area contributed by atoms with Crippen molar-refractivity contribution < 1.29 is 19.4 Å². The van der Waals surface area contributed by atoms with Crippen LogP contribution in [0.2, 0.25) is 0 Å². The average molecular weight is 236 g/mol. The lowest BCUT2D eigenvalue weighted by atomic mass is 9.85. The molecule has 4 heteroatoms. The highest BCUT2D eigenvalue weighted by molar-refractivity contribution is 6.03. The van der Waals surface area contributed by atoms with E-state index in [0.29, 0.717) is 5.75 Å². The van der Waals surface area contributed by atoms with Crippen LogP contribution in [0.5, 0.6) is 5.75 Å². The number of hydrogen-bond donors (Lipinski definition) is 1. The Morgan fingerprint density at radius 3 is 2.18 bits per heavy atom. The van der Waals surface area contributed by atoms with Gasteiger partial charge in [0.1, 0.15) is 11.2 Å². The zero-order valence-corrected chi connectivity index (χ0v) is 10.2. The van der Waals surface area contributed by atoms with Gasteiger partial charge in [-0.15, -0.1) is 0 Å². The molecule has 0 bridgehead atoms. The predicted molar refractivity (Wildman–Crippen MR) is 63.1 cm³/mol. The molecule has 0 aliphatic carbocycles. The molecule has 0 fully saturated rings. The molecule has 17 heavy (non-hydrogen) atoms. The van der Waals surface area contributed by atoms with Crippen molar-refractivity contribution >= 4 is 11.8 Å². The second kappa shape index (κ2) is 4.99. The van der Waals surface area contributed by atoms with Crippen molar-refractivity contribution in [2.24, 2.45) is 5.41 Å². The van der Waals surface area contributed by atoms with E-state index in [1.807, 2.05) is 0 Å². The molecule has 0 saturated heterocycles. The number of aliphatic carboxylic acids is 1. The normalized spacial score (nSPS) is 11.0. The summed E-state index contributed by atoms with van der Waals surface area (Å²) in [4.78, 5) is 22.7. The molecular formula is C13H16O4. The minimum absolute atomic E-state index is 0.114. The van der Waals surface area contributed by atoms with Gasteiger partial charge in [-0.2, -0.15) is 0 Å². The van der Waals surface area contributed by atoms with Crippen molar-refractivity contribution in [1.29, 1.82) is 0 Å². The summed E-state index contributed by atoms with van der Waals surface area (Å²) in [6, 6.07) is 7.01. The Labute approximate surface area is 100 Å². The van der Waals surface area contributed by atoms with Crippen molar-refractivity contribution in [2.45, 2.75) is 20.3 Å². The fourth-order valence-corrected chi connectivity index (χ4v) is 1.27. The first-order valence-corrected chi connectivity index (χ1v) is 5.27. The van der Waals surface area contributed by atoms with E-state index >= 15 is 0 Å². The summed E-state index contributed by atoms with van der Waals surface area (Å²) in [5.74, 6) is -0.704. The van der Waals surface area contributed by atoms with Crippen LogP contribution < -0.4 is 4.74 Å². The Balaban J connectivity index is 2.77. The largest absolute Gasteiger partial charge is 0.497 e. The molecule has 0 saturated carbocycles. The molecule has 0 aromatic heterocycles. The Kier molecular flexibility index (Phi) is 3.89. The molecule has 1 aromatic rings. The number of carbonyl (C=O) groups is 2. The summed E-state index contributed by atoms with van der Waals surface area (Å²) in [5, 5.41) is 8.93. The van der Waals surface area contributed by atoms with Gasteiger partial charge in [0.25, 0.3) is 0 Å². The van der Waals surface area contributed by atoms with Crippen LogP contribution in [0.15, 0.2) is 24.3 Å². The van der Waals surface area contributed by atoms with E-state index in [1.165, 1.54) is 13.8 Å². The highest BCUT2D eigenvalue weighted by Gasteiger charge is 2.35. The van der Waals surface area contributed by atoms with Crippen LogP contribution in [0.25, 0.3) is 0 Å². The van der Waals surface area contributed by atoms with Crippen LogP contribution in [0.3, 0.4) is 0 Å². The quantitative estimate of drug-likeness (QED) is 0.793. The molecule has 1 N–H and O–H groups in total. The van der Waals surface area contributed by atoms with Crippen LogP contribution in [-0.2, 0) is 16.0 Å². The van der Waals surface area contributed by atoms with Crippen LogP contribution in [0, 0.1) is 5.41 Å². The Morgan fingerprint density at radius 2 is 1.76 bits per heavy atom. The number of Topliss-reactive ketones (excluding diaryl/α,β-unsaturated/α-hetero) is 1. The fraction of sp³-hybridized carbons (Fsp3) is 0.385. The van der Waals surface area contributed by atoms with Gasteiger partial charge in [-0.1, -0.05) is 12.1 Å². The number of methoxy groups -OCH3 is 1. The van der Waals surface area contributed by atoms with Crippen molar-refractivity contribution in [3.05, 3.63) is 29.8 Å². The monoisotopic (exact) mass is 236 g/mol. The molecule has 1 rings (SSSR count). The van der Waals surface area contributed by atoms with Gasteiger partial charge in [0.15, 0.2) is 5.78 Å². The van der Waals surface area contributed by atoms with E-state index in [1.54, 1.807) is 31.4 Å². The van der Waals surface area contributed by atoms with E-state index in [0.717, 1.165) is 5.56 Å². The summed E-state index contributed by atoms with van der Waals surface area (Å²) in [6.07, 6.45) is 0.114. The number of ketones is 1. The number of rotatable bonds is 5. The maximum Gasteiger partial charge on any atom is 0.316 e. The molecule has 0 aliphatic rings. The van der Waals surface area contributed by atoms with Crippen molar-refractivity contribution in [1.82, 2.24) is 0 Å². The second-order valence-electron chi connectivity index (χ2n) is 4.38. The molecule has 0 spiro atoms. The molecule has 0 atom stereocenters. The lowest BCUT2D eigenvalue weighted by Gasteiger charge is -2.17. The van der Waals surface area contributed by atoms with Gasteiger partial charge in [0.2, 0.25) is 0 Å². The Bertz CT molecular complexity index is 418. The first-order chi connectivity index (χ1) is 7.87. The van der Waals surface area contributed by atoms with Gasteiger partial charge in [0, 0.05) is 6.42 Å². The zero-order valence-electron chi connectivity index (χ0n) is 10.2. The summed E-state index contributed by atoms with van der Waals surface area (Å²) in [6.45, 7) is 2.84.